The van der Waals surface area contributed by atoms with Gasteiger partial charge in [0.25, 0.3) is 5.91 Å². The van der Waals surface area contributed by atoms with Crippen molar-refractivity contribution < 1.29 is 18.0 Å². The number of nitrogens with zero attached hydrogens (tertiary/aromatic N) is 3. The second-order valence-electron chi connectivity index (χ2n) is 6.50. The number of amides is 1. The summed E-state index contributed by atoms with van der Waals surface area (Å²) in [5.41, 5.74) is 0.288. The fourth-order valence-electron chi connectivity index (χ4n) is 2.99. The van der Waals surface area contributed by atoms with Crippen molar-refractivity contribution in [1.82, 2.24) is 14.8 Å². The van der Waals surface area contributed by atoms with Crippen LogP contribution in [0.5, 0.6) is 0 Å². The molecule has 3 rings (SSSR count). The lowest BCUT2D eigenvalue weighted by Crippen LogP contribution is -2.17. The number of aryl methyl sites for hydroxylation is 1. The van der Waals surface area contributed by atoms with Crippen LogP contribution in [-0.4, -0.2) is 26.9 Å². The number of nitrogens with one attached hydrogen (secondary N) is 2. The van der Waals surface area contributed by atoms with Gasteiger partial charge in [0, 0.05) is 24.2 Å². The Bertz CT molecular complexity index is 1050. The van der Waals surface area contributed by atoms with Crippen LogP contribution in [0, 0.1) is 0 Å². The fourth-order valence-corrected chi connectivity index (χ4v) is 3.68. The van der Waals surface area contributed by atoms with Gasteiger partial charge in [0.2, 0.25) is 0 Å². The molecule has 1 aromatic carbocycles. The zero-order chi connectivity index (χ0) is 21.9. The molecule has 0 fully saturated rings. The zero-order valence-corrected chi connectivity index (χ0v) is 17.3. The summed E-state index contributed by atoms with van der Waals surface area (Å²) in [6.07, 6.45) is -1.05. The molecular formula is C20H20F3N5OS. The smallest absolute Gasteiger partial charge is 0.363 e. The number of carbonyl (C=O) groups excluding carboxylic acids is 1. The maximum atomic E-state index is 13.0. The molecule has 10 heteroatoms. The van der Waals surface area contributed by atoms with Crippen LogP contribution >= 0.6 is 11.8 Å². The van der Waals surface area contributed by atoms with Crippen molar-refractivity contribution in [2.45, 2.75) is 24.0 Å². The van der Waals surface area contributed by atoms with E-state index in [0.29, 0.717) is 10.5 Å². The maximum Gasteiger partial charge on any atom is 0.433 e. The molecule has 30 heavy (non-hydrogen) atoms. The minimum absolute atomic E-state index is 0.151. The zero-order valence-electron chi connectivity index (χ0n) is 16.5. The number of rotatable bonds is 6. The molecule has 0 saturated carbocycles. The van der Waals surface area contributed by atoms with Crippen LogP contribution in [0.25, 0.3) is 0 Å². The summed E-state index contributed by atoms with van der Waals surface area (Å²) in [6.45, 7) is 1.94. The summed E-state index contributed by atoms with van der Waals surface area (Å²) < 4.78 is 39.6. The topological polar surface area (TPSA) is 71.8 Å². The lowest BCUT2D eigenvalue weighted by Gasteiger charge is -2.19. The minimum atomic E-state index is -4.56. The van der Waals surface area contributed by atoms with Crippen molar-refractivity contribution in [3.8, 4) is 0 Å². The first-order valence-corrected chi connectivity index (χ1v) is 10.2. The average Bonchev–Trinajstić information content (AvgIpc) is 3.08. The molecule has 1 atom stereocenters. The van der Waals surface area contributed by atoms with Gasteiger partial charge in [0.1, 0.15) is 11.5 Å². The molecule has 0 unspecified atom stereocenters. The number of pyridine rings is 1. The maximum absolute atomic E-state index is 13.0. The summed E-state index contributed by atoms with van der Waals surface area (Å²) in [7, 11) is 1.17. The molecule has 0 aliphatic rings. The van der Waals surface area contributed by atoms with Crippen LogP contribution in [0.1, 0.15) is 34.6 Å². The number of hydrogen-bond acceptors (Lipinski definition) is 5. The van der Waals surface area contributed by atoms with E-state index in [9.17, 15) is 18.0 Å². The van der Waals surface area contributed by atoms with Gasteiger partial charge in [-0.15, -0.1) is 11.8 Å². The number of benzene rings is 1. The molecular weight excluding hydrogens is 415 g/mol. The number of aromatic nitrogens is 3. The van der Waals surface area contributed by atoms with Gasteiger partial charge in [-0.3, -0.25) is 9.48 Å². The lowest BCUT2D eigenvalue weighted by atomic mass is 10.1. The largest absolute Gasteiger partial charge is 0.433 e. The molecule has 158 valence electrons. The van der Waals surface area contributed by atoms with Gasteiger partial charge in [0.05, 0.1) is 11.6 Å². The molecule has 0 spiro atoms. The molecule has 2 aromatic heterocycles. The predicted octanol–water partition coefficient (Wildman–Crippen LogP) is 4.98. The summed E-state index contributed by atoms with van der Waals surface area (Å²) in [5.74, 6) is -0.474. The van der Waals surface area contributed by atoms with Crippen molar-refractivity contribution in [3.63, 3.8) is 0 Å². The van der Waals surface area contributed by atoms with Crippen molar-refractivity contribution in [2.75, 3.05) is 16.9 Å². The average molecular weight is 435 g/mol. The van der Waals surface area contributed by atoms with Gasteiger partial charge in [0.15, 0.2) is 5.82 Å². The van der Waals surface area contributed by atoms with E-state index in [-0.39, 0.29) is 17.4 Å². The molecule has 0 aliphatic heterocycles. The van der Waals surface area contributed by atoms with Crippen molar-refractivity contribution in [1.29, 1.82) is 0 Å². The monoisotopic (exact) mass is 435 g/mol. The van der Waals surface area contributed by atoms with E-state index >= 15 is 0 Å². The number of alkyl halides is 3. The van der Waals surface area contributed by atoms with E-state index in [2.05, 4.69) is 20.7 Å². The third kappa shape index (κ3) is 4.76. The molecule has 2 N–H and O–H groups in total. The van der Waals surface area contributed by atoms with Gasteiger partial charge in [-0.05, 0) is 36.9 Å². The standard InChI is InChI=1S/C20H20F3N5OS/c1-12(13-7-4-5-9-15(13)30-3)25-18-14(8-6-10-24-18)19(29)26-17-11-16(20(21,22)23)28(2)27-17/h4-12H,1-3H3,(H,24,25)(H,26,27,29)/t12-/m0/s1. The molecule has 6 nitrogen and oxygen atoms in total. The second kappa shape index (κ2) is 8.78. The Kier molecular flexibility index (Phi) is 6.35. The van der Waals surface area contributed by atoms with Gasteiger partial charge in [-0.2, -0.15) is 18.3 Å². The van der Waals surface area contributed by atoms with Gasteiger partial charge < -0.3 is 10.6 Å². The van der Waals surface area contributed by atoms with Crippen LogP contribution < -0.4 is 10.6 Å². The first kappa shape index (κ1) is 21.7. The Morgan fingerprint density at radius 1 is 1.20 bits per heavy atom. The molecule has 1 amide bonds. The van der Waals surface area contributed by atoms with Crippen LogP contribution in [0.4, 0.5) is 24.8 Å². The Balaban J connectivity index is 1.82. The third-order valence-corrected chi connectivity index (χ3v) is 5.23. The Labute approximate surface area is 175 Å². The number of thioether (sulfide) groups is 1. The van der Waals surface area contributed by atoms with Crippen LogP contribution in [0.15, 0.2) is 53.6 Å². The summed E-state index contributed by atoms with van der Waals surface area (Å²) in [4.78, 5) is 18.1. The third-order valence-electron chi connectivity index (χ3n) is 4.42. The quantitative estimate of drug-likeness (QED) is 0.535. The van der Waals surface area contributed by atoms with Crippen LogP contribution in [0.2, 0.25) is 0 Å². The highest BCUT2D eigenvalue weighted by Crippen LogP contribution is 2.31. The number of halogens is 3. The van der Waals surface area contributed by atoms with E-state index < -0.39 is 17.8 Å². The number of carbonyl (C=O) groups is 1. The van der Waals surface area contributed by atoms with E-state index in [0.717, 1.165) is 16.5 Å². The van der Waals surface area contributed by atoms with Gasteiger partial charge >= 0.3 is 6.18 Å². The molecule has 2 heterocycles. The Hall–Kier alpha value is -3.01. The van der Waals surface area contributed by atoms with E-state index in [4.69, 9.17) is 0 Å². The predicted molar refractivity (Wildman–Crippen MR) is 111 cm³/mol. The highest BCUT2D eigenvalue weighted by Gasteiger charge is 2.35. The lowest BCUT2D eigenvalue weighted by molar-refractivity contribution is -0.143. The summed E-state index contributed by atoms with van der Waals surface area (Å²) in [6, 6.07) is 11.6. The highest BCUT2D eigenvalue weighted by molar-refractivity contribution is 7.98. The molecule has 0 radical (unpaired) electrons. The van der Waals surface area contributed by atoms with Gasteiger partial charge in [-0.25, -0.2) is 4.98 Å². The highest BCUT2D eigenvalue weighted by atomic mass is 32.2. The van der Waals surface area contributed by atoms with E-state index in [1.807, 2.05) is 37.4 Å². The van der Waals surface area contributed by atoms with Crippen molar-refractivity contribution >= 4 is 29.3 Å². The van der Waals surface area contributed by atoms with Crippen LogP contribution in [-0.2, 0) is 13.2 Å². The first-order valence-electron chi connectivity index (χ1n) is 8.97. The second-order valence-corrected chi connectivity index (χ2v) is 7.35. The Morgan fingerprint density at radius 2 is 1.93 bits per heavy atom. The van der Waals surface area contributed by atoms with Crippen molar-refractivity contribution in [3.05, 3.63) is 65.5 Å². The summed E-state index contributed by atoms with van der Waals surface area (Å²) in [5, 5.41) is 9.36. The first-order chi connectivity index (χ1) is 14.2. The number of hydrogen-bond donors (Lipinski definition) is 2. The Morgan fingerprint density at radius 3 is 2.60 bits per heavy atom. The molecule has 0 aliphatic carbocycles. The van der Waals surface area contributed by atoms with Crippen LogP contribution in [0.3, 0.4) is 0 Å². The van der Waals surface area contributed by atoms with E-state index in [1.165, 1.54) is 13.2 Å². The molecule has 0 saturated heterocycles. The number of anilines is 2. The van der Waals surface area contributed by atoms with Gasteiger partial charge in [-0.1, -0.05) is 18.2 Å². The molecule has 0 bridgehead atoms. The minimum Gasteiger partial charge on any atom is -0.363 e. The normalized spacial score (nSPS) is 12.5. The van der Waals surface area contributed by atoms with E-state index in [1.54, 1.807) is 23.9 Å². The SMILES string of the molecule is CSc1ccccc1[C@H](C)Nc1ncccc1C(=O)Nc1cc(C(F)(F)F)n(C)n1. The van der Waals surface area contributed by atoms with Crippen molar-refractivity contribution in [2.24, 2.45) is 7.05 Å². The molecule has 3 aromatic rings. The summed E-state index contributed by atoms with van der Waals surface area (Å²) >= 11 is 1.61. The fraction of sp³-hybridized carbons (Fsp3) is 0.250.